The zero-order valence-corrected chi connectivity index (χ0v) is 12.2. The van der Waals surface area contributed by atoms with E-state index in [-0.39, 0.29) is 5.34 Å². The van der Waals surface area contributed by atoms with Crippen LogP contribution >= 0.6 is 23.2 Å². The van der Waals surface area contributed by atoms with Gasteiger partial charge >= 0.3 is 0 Å². The predicted molar refractivity (Wildman–Crippen MR) is 77.6 cm³/mol. The lowest BCUT2D eigenvalue weighted by Gasteiger charge is -1.86. The van der Waals surface area contributed by atoms with Crippen molar-refractivity contribution in [2.45, 2.75) is 46.5 Å². The summed E-state index contributed by atoms with van der Waals surface area (Å²) in [6.45, 7) is 6.55. The third kappa shape index (κ3) is 19.4. The van der Waals surface area contributed by atoms with Gasteiger partial charge in [-0.1, -0.05) is 75.4 Å². The molecule has 0 radical (unpaired) electrons. The molecule has 1 aromatic carbocycles. The summed E-state index contributed by atoms with van der Waals surface area (Å²) in [5.74, 6) is 0. The maximum absolute atomic E-state index is 4.76. The van der Waals surface area contributed by atoms with Crippen LogP contribution in [0.5, 0.6) is 0 Å². The van der Waals surface area contributed by atoms with Gasteiger partial charge in [0.05, 0.1) is 5.34 Å². The third-order valence-electron chi connectivity index (χ3n) is 1.90. The van der Waals surface area contributed by atoms with Crippen molar-refractivity contribution in [2.24, 2.45) is 0 Å². The molecule has 0 saturated heterocycles. The molecule has 94 valence electrons. The van der Waals surface area contributed by atoms with Crippen LogP contribution in [0.2, 0.25) is 0 Å². The molecule has 0 amide bonds. The first-order valence-corrected chi connectivity index (χ1v) is 6.93. The molecule has 0 saturated carbocycles. The molecule has 0 N–H and O–H groups in total. The topological polar surface area (TPSA) is 0 Å². The highest BCUT2D eigenvalue weighted by Gasteiger charge is 1.75. The van der Waals surface area contributed by atoms with Crippen LogP contribution in [0.4, 0.5) is 0 Å². The van der Waals surface area contributed by atoms with Crippen LogP contribution in [0.1, 0.15) is 45.1 Å². The van der Waals surface area contributed by atoms with E-state index in [4.69, 9.17) is 23.2 Å². The van der Waals surface area contributed by atoms with Gasteiger partial charge in [-0.05, 0) is 6.92 Å². The van der Waals surface area contributed by atoms with Gasteiger partial charge in [0.25, 0.3) is 0 Å². The maximum Gasteiger partial charge on any atom is 0.0967 e. The minimum absolute atomic E-state index is 0.194. The molecule has 1 rings (SSSR count). The lowest BCUT2D eigenvalue weighted by Crippen LogP contribution is -1.66. The van der Waals surface area contributed by atoms with E-state index in [1.807, 2.05) is 18.2 Å². The van der Waals surface area contributed by atoms with E-state index in [0.29, 0.717) is 0 Å². The van der Waals surface area contributed by atoms with Crippen molar-refractivity contribution in [1.82, 2.24) is 0 Å². The number of rotatable bonds is 3. The van der Waals surface area contributed by atoms with E-state index in [9.17, 15) is 0 Å². The molecule has 0 fully saturated rings. The first-order chi connectivity index (χ1) is 7.72. The summed E-state index contributed by atoms with van der Waals surface area (Å²) in [5, 5.41) is 0.194. The summed E-state index contributed by atoms with van der Waals surface area (Å²) in [6, 6.07) is 10.3. The highest BCUT2D eigenvalue weighted by atomic mass is 35.5. The van der Waals surface area contributed by atoms with Crippen LogP contribution in [-0.2, 0) is 0 Å². The summed E-state index contributed by atoms with van der Waals surface area (Å²) in [7, 11) is 0. The molecule has 2 heteroatoms. The molecule has 0 atom stereocenters. The minimum atomic E-state index is 0.194. The zero-order valence-electron chi connectivity index (χ0n) is 10.7. The van der Waals surface area contributed by atoms with E-state index in [0.717, 1.165) is 0 Å². The quantitative estimate of drug-likeness (QED) is 0.463. The average Bonchev–Trinajstić information content (AvgIpc) is 2.29. The van der Waals surface area contributed by atoms with Gasteiger partial charge in [0.15, 0.2) is 0 Å². The second-order valence-electron chi connectivity index (χ2n) is 3.46. The molecule has 1 aromatic rings. The van der Waals surface area contributed by atoms with E-state index in [1.54, 1.807) is 0 Å². The van der Waals surface area contributed by atoms with Gasteiger partial charge in [-0.2, -0.15) is 0 Å². The fraction of sp³-hybridized carbons (Fsp3) is 0.571. The molecule has 0 aliphatic heterocycles. The molecule has 0 aromatic heterocycles. The SMILES string of the molecule is CCCCCC.Cc1ccccc1.ClCCl. The molecular formula is C14H24Cl2. The Bertz CT molecular complexity index is 193. The molecule has 0 nitrogen and oxygen atoms in total. The van der Waals surface area contributed by atoms with Gasteiger partial charge in [-0.15, -0.1) is 23.2 Å². The highest BCUT2D eigenvalue weighted by Crippen LogP contribution is 1.95. The molecule has 0 bridgehead atoms. The Hall–Kier alpha value is -0.200. The normalized spacial score (nSPS) is 8.31. The first-order valence-electron chi connectivity index (χ1n) is 5.86. The first kappa shape index (κ1) is 18.2. The van der Waals surface area contributed by atoms with Crippen molar-refractivity contribution in [3.05, 3.63) is 35.9 Å². The van der Waals surface area contributed by atoms with Crippen molar-refractivity contribution < 1.29 is 0 Å². The zero-order chi connectivity index (χ0) is 12.6. The standard InChI is InChI=1S/C7H8.C6H14.CH2Cl2/c1-7-5-3-2-4-6-7;1-3-5-6-4-2;2-1-3/h2-6H,1H3;3-6H2,1-2H3;1H2. The predicted octanol–water partition coefficient (Wildman–Crippen LogP) is 6.00. The van der Waals surface area contributed by atoms with Crippen LogP contribution in [0.15, 0.2) is 30.3 Å². The van der Waals surface area contributed by atoms with Gasteiger partial charge in [0, 0.05) is 0 Å². The van der Waals surface area contributed by atoms with Crippen LogP contribution < -0.4 is 0 Å². The van der Waals surface area contributed by atoms with Crippen molar-refractivity contribution >= 4 is 23.2 Å². The lowest BCUT2D eigenvalue weighted by molar-refractivity contribution is 0.702. The number of hydrogen-bond acceptors (Lipinski definition) is 0. The number of halogens is 2. The number of hydrogen-bond donors (Lipinski definition) is 0. The van der Waals surface area contributed by atoms with E-state index >= 15 is 0 Å². The fourth-order valence-electron chi connectivity index (χ4n) is 1.03. The van der Waals surface area contributed by atoms with Gasteiger partial charge in [-0.3, -0.25) is 0 Å². The Morgan fingerprint density at radius 3 is 1.44 bits per heavy atom. The van der Waals surface area contributed by atoms with Crippen molar-refractivity contribution in [2.75, 3.05) is 5.34 Å². The smallest absolute Gasteiger partial charge is 0.0967 e. The Morgan fingerprint density at radius 1 is 0.875 bits per heavy atom. The van der Waals surface area contributed by atoms with Gasteiger partial charge in [-0.25, -0.2) is 0 Å². The minimum Gasteiger partial charge on any atom is -0.109 e. The average molecular weight is 263 g/mol. The number of aryl methyl sites for hydroxylation is 1. The second kappa shape index (κ2) is 17.2. The molecule has 0 aliphatic carbocycles. The van der Waals surface area contributed by atoms with Crippen molar-refractivity contribution in [3.8, 4) is 0 Å². The third-order valence-corrected chi connectivity index (χ3v) is 1.90. The molecule has 0 unspecified atom stereocenters. The number of unbranched alkanes of at least 4 members (excludes halogenated alkanes) is 3. The highest BCUT2D eigenvalue weighted by molar-refractivity contribution is 6.40. The molecular weight excluding hydrogens is 239 g/mol. The van der Waals surface area contributed by atoms with Crippen LogP contribution in [0.3, 0.4) is 0 Å². The molecule has 0 aliphatic rings. The van der Waals surface area contributed by atoms with Crippen molar-refractivity contribution in [3.63, 3.8) is 0 Å². The summed E-state index contributed by atoms with van der Waals surface area (Å²) in [5.41, 5.74) is 1.32. The fourth-order valence-corrected chi connectivity index (χ4v) is 1.03. The van der Waals surface area contributed by atoms with E-state index in [2.05, 4.69) is 32.9 Å². The number of benzene rings is 1. The maximum atomic E-state index is 4.76. The van der Waals surface area contributed by atoms with Crippen LogP contribution in [-0.4, -0.2) is 5.34 Å². The van der Waals surface area contributed by atoms with Gasteiger partial charge in [0.1, 0.15) is 0 Å². The summed E-state index contributed by atoms with van der Waals surface area (Å²) < 4.78 is 0. The summed E-state index contributed by atoms with van der Waals surface area (Å²) in [4.78, 5) is 0. The van der Waals surface area contributed by atoms with Gasteiger partial charge < -0.3 is 0 Å². The van der Waals surface area contributed by atoms with E-state index in [1.165, 1.54) is 31.2 Å². The summed E-state index contributed by atoms with van der Waals surface area (Å²) in [6.07, 6.45) is 5.54. The van der Waals surface area contributed by atoms with E-state index < -0.39 is 0 Å². The number of alkyl halides is 2. The second-order valence-corrected chi connectivity index (χ2v) is 4.27. The largest absolute Gasteiger partial charge is 0.109 e. The molecule has 0 spiro atoms. The molecule has 0 heterocycles. The Balaban J connectivity index is 0. The lowest BCUT2D eigenvalue weighted by atomic mass is 10.2. The van der Waals surface area contributed by atoms with Crippen molar-refractivity contribution in [1.29, 1.82) is 0 Å². The monoisotopic (exact) mass is 262 g/mol. The van der Waals surface area contributed by atoms with Gasteiger partial charge in [0.2, 0.25) is 0 Å². The summed E-state index contributed by atoms with van der Waals surface area (Å²) >= 11 is 9.53. The van der Waals surface area contributed by atoms with Crippen LogP contribution in [0.25, 0.3) is 0 Å². The Labute approximate surface area is 111 Å². The Morgan fingerprint density at radius 2 is 1.25 bits per heavy atom. The molecule has 16 heavy (non-hydrogen) atoms. The van der Waals surface area contributed by atoms with Crippen LogP contribution in [0, 0.1) is 6.92 Å². The Kier molecular flexibility index (Phi) is 19.5.